The molecule has 0 radical (unpaired) electrons. The summed E-state index contributed by atoms with van der Waals surface area (Å²) >= 11 is 0. The fourth-order valence-electron chi connectivity index (χ4n) is 7.85. The molecular weight excluding hydrogens is 545 g/mol. The van der Waals surface area contributed by atoms with Gasteiger partial charge in [-0.05, 0) is 80.6 Å². The maximum absolute atomic E-state index is 11.9. The molecule has 198 valence electrons. The minimum Gasteiger partial charge on any atom is -0.458 e. The zero-order valence-corrected chi connectivity index (χ0v) is 24.0. The molecule has 4 fully saturated rings. The van der Waals surface area contributed by atoms with Crippen molar-refractivity contribution < 1.29 is 26.0 Å². The lowest BCUT2D eigenvalue weighted by atomic mass is 9.46. The summed E-state index contributed by atoms with van der Waals surface area (Å²) in [5.74, 6) is 2.17. The molecule has 7 heteroatoms. The minimum atomic E-state index is -0.333. The van der Waals surface area contributed by atoms with Gasteiger partial charge in [0.2, 0.25) is 5.91 Å². The van der Waals surface area contributed by atoms with Gasteiger partial charge in [0.15, 0.2) is 5.78 Å². The molecule has 4 N–H and O–H groups in total. The summed E-state index contributed by atoms with van der Waals surface area (Å²) in [6.07, 6.45) is 13.6. The summed E-state index contributed by atoms with van der Waals surface area (Å²) in [6, 6.07) is 0. The van der Waals surface area contributed by atoms with Crippen LogP contribution in [0.4, 0.5) is 0 Å². The van der Waals surface area contributed by atoms with E-state index in [2.05, 4.69) is 33.4 Å². The Morgan fingerprint density at radius 3 is 2.18 bits per heavy atom. The van der Waals surface area contributed by atoms with Crippen LogP contribution in [0.25, 0.3) is 0 Å². The Kier molecular flexibility index (Phi) is 10.8. The number of carbonyl (C=O) groups excluding carboxylic acids is 3. The molecule has 4 aliphatic carbocycles. The van der Waals surface area contributed by atoms with Crippen LogP contribution in [0, 0.1) is 28.6 Å². The molecule has 34 heavy (non-hydrogen) atoms. The molecule has 0 bridgehead atoms. The van der Waals surface area contributed by atoms with Gasteiger partial charge in [0, 0.05) is 26.6 Å². The Balaban J connectivity index is 0.00000104. The van der Waals surface area contributed by atoms with Gasteiger partial charge in [-0.25, -0.2) is 0 Å². The van der Waals surface area contributed by atoms with Gasteiger partial charge in [0.1, 0.15) is 5.60 Å². The zero-order valence-electron chi connectivity index (χ0n) is 21.7. The fourth-order valence-corrected chi connectivity index (χ4v) is 7.85. The molecule has 1 amide bonds. The first-order valence-electron chi connectivity index (χ1n) is 12.7. The highest BCUT2D eigenvalue weighted by Gasteiger charge is 2.66. The molecule has 1 spiro atoms. The number of hydrogen-bond acceptors (Lipinski definition) is 4. The third-order valence-corrected chi connectivity index (χ3v) is 9.29. The largest absolute Gasteiger partial charge is 0.458 e. The number of fused-ring (bicyclic) bond motifs is 6. The Morgan fingerprint density at radius 1 is 1.03 bits per heavy atom. The predicted octanol–water partition coefficient (Wildman–Crippen LogP) is 5.54. The van der Waals surface area contributed by atoms with Crippen LogP contribution in [-0.4, -0.2) is 28.7 Å². The number of amides is 1. The van der Waals surface area contributed by atoms with Crippen molar-refractivity contribution in [2.75, 3.05) is 0 Å². The van der Waals surface area contributed by atoms with Crippen molar-refractivity contribution in [3.63, 3.8) is 0 Å². The lowest BCUT2D eigenvalue weighted by Crippen LogP contribution is -2.54. The molecule has 1 heterocycles. The van der Waals surface area contributed by atoms with Crippen LogP contribution < -0.4 is 5.73 Å². The molecule has 6 atom stereocenters. The lowest BCUT2D eigenvalue weighted by molar-refractivity contribution is -0.168. The predicted molar refractivity (Wildman–Crippen MR) is 147 cm³/mol. The van der Waals surface area contributed by atoms with Gasteiger partial charge in [-0.1, -0.05) is 39.7 Å². The molecule has 5 rings (SSSR count). The number of rotatable bonds is 0. The summed E-state index contributed by atoms with van der Waals surface area (Å²) in [5.41, 5.74) is 6.15. The average Bonchev–Trinajstić information content (AvgIpc) is 3.23. The second-order valence-corrected chi connectivity index (χ2v) is 11.2. The highest BCUT2D eigenvalue weighted by atomic mass is 127. The Morgan fingerprint density at radius 2 is 1.62 bits per heavy atom. The Bertz CT molecular complexity index is 800. The number of allylic oxidation sites excluding steroid dienone is 1. The third-order valence-electron chi connectivity index (χ3n) is 9.29. The van der Waals surface area contributed by atoms with Crippen LogP contribution in [0.15, 0.2) is 11.6 Å². The average molecular weight is 594 g/mol. The summed E-state index contributed by atoms with van der Waals surface area (Å²) < 4.78 is 6.01. The smallest absolute Gasteiger partial charge is 0.306 e. The van der Waals surface area contributed by atoms with Crippen LogP contribution in [0.2, 0.25) is 0 Å². The van der Waals surface area contributed by atoms with Crippen LogP contribution in [0.5, 0.6) is 0 Å². The minimum absolute atomic E-state index is 0. The molecule has 0 aromatic heterocycles. The van der Waals surface area contributed by atoms with Crippen molar-refractivity contribution in [1.82, 2.24) is 0 Å². The number of carbonyl (C=O) groups is 3. The van der Waals surface area contributed by atoms with Gasteiger partial charge >= 0.3 is 5.97 Å². The maximum Gasteiger partial charge on any atom is 0.306 e. The van der Waals surface area contributed by atoms with Crippen LogP contribution in [0.1, 0.15) is 107 Å². The number of hydrogen-bond donors (Lipinski definition) is 1. The van der Waals surface area contributed by atoms with Gasteiger partial charge in [-0.3, -0.25) is 14.4 Å². The number of nitrogens with two attached hydrogens (primary N) is 1. The second kappa shape index (κ2) is 11.8. The molecule has 0 aromatic rings. The number of ketones is 1. The molecule has 3 unspecified atom stereocenters. The highest BCUT2D eigenvalue weighted by molar-refractivity contribution is 14.0. The van der Waals surface area contributed by atoms with Gasteiger partial charge in [0.05, 0.1) is 0 Å². The Labute approximate surface area is 224 Å². The fraction of sp³-hybridized carbons (Fsp3) is 0.815. The van der Waals surface area contributed by atoms with Crippen molar-refractivity contribution in [2.24, 2.45) is 34.3 Å². The number of halogens is 1. The van der Waals surface area contributed by atoms with Crippen LogP contribution in [0.3, 0.4) is 0 Å². The summed E-state index contributed by atoms with van der Waals surface area (Å²) in [4.78, 5) is 33.1. The van der Waals surface area contributed by atoms with E-state index < -0.39 is 0 Å². The quantitative estimate of drug-likeness (QED) is 0.293. The third kappa shape index (κ3) is 5.40. The normalized spacial score (nSPS) is 39.2. The summed E-state index contributed by atoms with van der Waals surface area (Å²) in [7, 11) is 0. The van der Waals surface area contributed by atoms with E-state index in [1.54, 1.807) is 0 Å². The molecule has 1 aliphatic heterocycles. The lowest BCUT2D eigenvalue weighted by Gasteiger charge is -2.59. The Hall–Kier alpha value is -0.960. The number of primary amides is 1. The monoisotopic (exact) mass is 593 g/mol. The van der Waals surface area contributed by atoms with E-state index in [1.807, 2.05) is 6.08 Å². The zero-order chi connectivity index (χ0) is 23.7. The maximum atomic E-state index is 11.9. The summed E-state index contributed by atoms with van der Waals surface area (Å²) in [5, 5.41) is 0. The van der Waals surface area contributed by atoms with E-state index in [0.717, 1.165) is 38.0 Å². The van der Waals surface area contributed by atoms with Gasteiger partial charge in [-0.2, -0.15) is 0 Å². The van der Waals surface area contributed by atoms with Crippen LogP contribution >= 0.6 is 24.0 Å². The van der Waals surface area contributed by atoms with Crippen molar-refractivity contribution >= 4 is 41.6 Å². The van der Waals surface area contributed by atoms with Gasteiger partial charge < -0.3 is 15.9 Å². The molecule has 6 nitrogen and oxygen atoms in total. The first-order chi connectivity index (χ1) is 15.0. The first kappa shape index (κ1) is 31.1. The topological polar surface area (TPSA) is 118 Å². The van der Waals surface area contributed by atoms with Crippen molar-refractivity contribution in [2.45, 2.75) is 111 Å². The molecule has 3 saturated carbocycles. The molecular formula is C27H48INO5. The van der Waals surface area contributed by atoms with E-state index in [9.17, 15) is 14.4 Å². The van der Waals surface area contributed by atoms with E-state index >= 15 is 0 Å². The number of ether oxygens (including phenoxy) is 1. The van der Waals surface area contributed by atoms with Crippen LogP contribution in [-0.2, 0) is 19.1 Å². The molecule has 0 aromatic carbocycles. The summed E-state index contributed by atoms with van der Waals surface area (Å²) in [6.45, 7) is 10.4. The van der Waals surface area contributed by atoms with Crippen molar-refractivity contribution in [3.8, 4) is 0 Å². The van der Waals surface area contributed by atoms with E-state index in [0.29, 0.717) is 24.0 Å². The van der Waals surface area contributed by atoms with E-state index in [-0.39, 0.29) is 59.2 Å². The standard InChI is InChI=1S/C22H30O3.C3H8.C2H5NO.HI.H2O.H2/c1-20-9-5-15(23)13-14(20)3-4-16-17(20)6-10-21(2)18(16)7-11-22(21)12-8-19(24)25-22;1-3-2;1-2(3)4;;;/h13,16-18H,3-12H2,1-2H3;3H2,1-2H3;1H3,(H2,3,4);1H;1H2;1H/t16?,17?,18?,20-,21-,22+;;;;;/m0...../s1. The molecule has 5 aliphatic rings. The van der Waals surface area contributed by atoms with Gasteiger partial charge in [0.25, 0.3) is 0 Å². The highest BCUT2D eigenvalue weighted by Crippen LogP contribution is 2.69. The van der Waals surface area contributed by atoms with Crippen molar-refractivity contribution in [3.05, 3.63) is 11.6 Å². The van der Waals surface area contributed by atoms with Crippen molar-refractivity contribution in [1.29, 1.82) is 0 Å². The SMILES string of the molecule is CC(N)=O.CCC.C[C@]12CCC(=O)C=C1CCC1C2CC[C@@]2(C)C1CC[C@@]21CCC(=O)O1.I.O.[HH]. The van der Waals surface area contributed by atoms with E-state index in [1.165, 1.54) is 44.6 Å². The number of esters is 1. The second-order valence-electron chi connectivity index (χ2n) is 11.2. The van der Waals surface area contributed by atoms with E-state index in [4.69, 9.17) is 4.74 Å². The first-order valence-corrected chi connectivity index (χ1v) is 12.7. The van der Waals surface area contributed by atoms with Gasteiger partial charge in [-0.15, -0.1) is 24.0 Å². The molecule has 1 saturated heterocycles.